The van der Waals surface area contributed by atoms with Crippen LogP contribution in [0.3, 0.4) is 0 Å². The summed E-state index contributed by atoms with van der Waals surface area (Å²) < 4.78 is 5.03. The maximum atomic E-state index is 5.93. The molecule has 4 heteroatoms. The molecular weight excluding hydrogens is 209 g/mol. The summed E-state index contributed by atoms with van der Waals surface area (Å²) in [6.45, 7) is 1.95. The second kappa shape index (κ2) is 4.70. The lowest BCUT2D eigenvalue weighted by Gasteiger charge is -2.10. The van der Waals surface area contributed by atoms with Gasteiger partial charge in [0.1, 0.15) is 5.75 Å². The van der Waals surface area contributed by atoms with Gasteiger partial charge >= 0.3 is 0 Å². The molecule has 0 aromatic heterocycles. The number of hydrogen-bond acceptors (Lipinski definition) is 2. The van der Waals surface area contributed by atoms with Crippen molar-refractivity contribution in [2.24, 2.45) is 0 Å². The minimum absolute atomic E-state index is 0.0741. The average molecular weight is 220 g/mol. The third-order valence-corrected chi connectivity index (χ3v) is 2.46. The van der Waals surface area contributed by atoms with Crippen LogP contribution in [0.1, 0.15) is 18.5 Å². The number of hydrogen-bond donors (Lipinski definition) is 1. The molecule has 0 aliphatic carbocycles. The first-order valence-electron chi connectivity index (χ1n) is 3.88. The average Bonchev–Trinajstić information content (AvgIpc) is 2.16. The zero-order valence-corrected chi connectivity index (χ0v) is 8.99. The molecule has 1 N–H and O–H groups in total. The van der Waals surface area contributed by atoms with Crippen LogP contribution in [-0.2, 0) is 0 Å². The third-order valence-electron chi connectivity index (χ3n) is 1.84. The standard InChI is InChI=1S/C9H11Cl2NO/c1-6(12-11)7-3-4-9(13-2)8(10)5-7/h3-6,12H,1-2H3/t6-/m0/s1. The van der Waals surface area contributed by atoms with E-state index in [-0.39, 0.29) is 6.04 Å². The Bertz CT molecular complexity index is 291. The van der Waals surface area contributed by atoms with Crippen molar-refractivity contribution in [2.45, 2.75) is 13.0 Å². The van der Waals surface area contributed by atoms with E-state index in [1.54, 1.807) is 7.11 Å². The number of methoxy groups -OCH3 is 1. The van der Waals surface area contributed by atoms with Crippen LogP contribution in [0.4, 0.5) is 0 Å². The maximum absolute atomic E-state index is 5.93. The van der Waals surface area contributed by atoms with Crippen molar-refractivity contribution in [1.29, 1.82) is 0 Å². The highest BCUT2D eigenvalue weighted by Gasteiger charge is 2.06. The first-order chi connectivity index (χ1) is 6.19. The van der Waals surface area contributed by atoms with Gasteiger partial charge in [-0.15, -0.1) is 0 Å². The molecule has 0 saturated heterocycles. The predicted octanol–water partition coefficient (Wildman–Crippen LogP) is 3.15. The van der Waals surface area contributed by atoms with E-state index in [4.69, 9.17) is 28.1 Å². The zero-order chi connectivity index (χ0) is 9.84. The fraction of sp³-hybridized carbons (Fsp3) is 0.333. The summed E-state index contributed by atoms with van der Waals surface area (Å²) in [6.07, 6.45) is 0. The van der Waals surface area contributed by atoms with Crippen LogP contribution in [0.5, 0.6) is 5.75 Å². The van der Waals surface area contributed by atoms with E-state index < -0.39 is 0 Å². The second-order valence-electron chi connectivity index (χ2n) is 2.72. The molecule has 0 spiro atoms. The molecule has 2 nitrogen and oxygen atoms in total. The lowest BCUT2D eigenvalue weighted by atomic mass is 10.1. The van der Waals surface area contributed by atoms with Crippen molar-refractivity contribution in [3.63, 3.8) is 0 Å². The number of nitrogens with one attached hydrogen (secondary N) is 1. The lowest BCUT2D eigenvalue weighted by molar-refractivity contribution is 0.414. The van der Waals surface area contributed by atoms with E-state index in [2.05, 4.69) is 4.84 Å². The summed E-state index contributed by atoms with van der Waals surface area (Å²) in [5, 5.41) is 0.596. The van der Waals surface area contributed by atoms with Crippen molar-refractivity contribution in [1.82, 2.24) is 4.84 Å². The first-order valence-corrected chi connectivity index (χ1v) is 4.64. The van der Waals surface area contributed by atoms with Crippen molar-refractivity contribution in [2.75, 3.05) is 7.11 Å². The highest BCUT2D eigenvalue weighted by Crippen LogP contribution is 2.27. The van der Waals surface area contributed by atoms with Gasteiger partial charge in [-0.3, -0.25) is 0 Å². The highest BCUT2D eigenvalue weighted by atomic mass is 35.5. The smallest absolute Gasteiger partial charge is 0.137 e. The Morgan fingerprint density at radius 1 is 1.46 bits per heavy atom. The highest BCUT2D eigenvalue weighted by molar-refractivity contribution is 6.32. The Balaban J connectivity index is 2.95. The fourth-order valence-corrected chi connectivity index (χ4v) is 1.41. The molecule has 1 aromatic rings. The summed E-state index contributed by atoms with van der Waals surface area (Å²) >= 11 is 11.4. The Morgan fingerprint density at radius 3 is 2.62 bits per heavy atom. The van der Waals surface area contributed by atoms with Crippen LogP contribution in [0, 0.1) is 0 Å². The molecule has 1 aromatic carbocycles. The molecule has 13 heavy (non-hydrogen) atoms. The Hall–Kier alpha value is -0.440. The van der Waals surface area contributed by atoms with Crippen LogP contribution < -0.4 is 9.57 Å². The quantitative estimate of drug-likeness (QED) is 0.790. The largest absolute Gasteiger partial charge is 0.495 e. The van der Waals surface area contributed by atoms with Crippen LogP contribution in [-0.4, -0.2) is 7.11 Å². The van der Waals surface area contributed by atoms with Crippen molar-refractivity contribution in [3.8, 4) is 5.75 Å². The molecule has 0 fully saturated rings. The number of rotatable bonds is 3. The van der Waals surface area contributed by atoms with Crippen LogP contribution in [0.15, 0.2) is 18.2 Å². The molecule has 0 heterocycles. The summed E-state index contributed by atoms with van der Waals surface area (Å²) in [5.41, 5.74) is 1.03. The summed E-state index contributed by atoms with van der Waals surface area (Å²) in [7, 11) is 1.59. The van der Waals surface area contributed by atoms with E-state index >= 15 is 0 Å². The summed E-state index contributed by atoms with van der Waals surface area (Å²) in [4.78, 5) is 2.62. The molecule has 0 unspecified atom stereocenters. The van der Waals surface area contributed by atoms with Gasteiger partial charge in [-0.25, -0.2) is 4.84 Å². The van der Waals surface area contributed by atoms with Gasteiger partial charge in [-0.05, 0) is 36.4 Å². The molecular formula is C9H11Cl2NO. The molecule has 0 bridgehead atoms. The van der Waals surface area contributed by atoms with Gasteiger partial charge in [-0.1, -0.05) is 17.7 Å². The molecule has 1 rings (SSSR count). The van der Waals surface area contributed by atoms with E-state index in [1.807, 2.05) is 25.1 Å². The molecule has 1 atom stereocenters. The molecule has 0 radical (unpaired) electrons. The Morgan fingerprint density at radius 2 is 2.15 bits per heavy atom. The van der Waals surface area contributed by atoms with Gasteiger partial charge in [0.05, 0.1) is 12.1 Å². The minimum Gasteiger partial charge on any atom is -0.495 e. The predicted molar refractivity (Wildman–Crippen MR) is 55.4 cm³/mol. The van der Waals surface area contributed by atoms with Gasteiger partial charge in [0.2, 0.25) is 0 Å². The van der Waals surface area contributed by atoms with Crippen molar-refractivity contribution < 1.29 is 4.74 Å². The summed E-state index contributed by atoms with van der Waals surface area (Å²) in [5.74, 6) is 0.673. The SMILES string of the molecule is COc1ccc([C@H](C)NCl)cc1Cl. The first kappa shape index (κ1) is 10.6. The molecule has 72 valence electrons. The lowest BCUT2D eigenvalue weighted by Crippen LogP contribution is -2.06. The van der Waals surface area contributed by atoms with Crippen molar-refractivity contribution >= 4 is 23.4 Å². The summed E-state index contributed by atoms with van der Waals surface area (Å²) in [6, 6.07) is 5.65. The molecule has 0 aliphatic rings. The second-order valence-corrected chi connectivity index (χ2v) is 3.35. The maximum Gasteiger partial charge on any atom is 0.137 e. The number of ether oxygens (including phenoxy) is 1. The normalized spacial score (nSPS) is 12.6. The fourth-order valence-electron chi connectivity index (χ4n) is 1.01. The van der Waals surface area contributed by atoms with E-state index in [1.165, 1.54) is 0 Å². The topological polar surface area (TPSA) is 21.3 Å². The third kappa shape index (κ3) is 2.50. The van der Waals surface area contributed by atoms with Crippen LogP contribution in [0.2, 0.25) is 5.02 Å². The van der Waals surface area contributed by atoms with E-state index in [0.29, 0.717) is 10.8 Å². The van der Waals surface area contributed by atoms with Crippen LogP contribution >= 0.6 is 23.4 Å². The van der Waals surface area contributed by atoms with Gasteiger partial charge in [-0.2, -0.15) is 0 Å². The van der Waals surface area contributed by atoms with Crippen molar-refractivity contribution in [3.05, 3.63) is 28.8 Å². The van der Waals surface area contributed by atoms with Gasteiger partial charge in [0, 0.05) is 6.04 Å². The van der Waals surface area contributed by atoms with Gasteiger partial charge < -0.3 is 4.74 Å². The Labute approximate surface area is 87.9 Å². The van der Waals surface area contributed by atoms with E-state index in [9.17, 15) is 0 Å². The molecule has 0 amide bonds. The number of benzene rings is 1. The zero-order valence-electron chi connectivity index (χ0n) is 7.47. The van der Waals surface area contributed by atoms with Gasteiger partial charge in [0.15, 0.2) is 0 Å². The van der Waals surface area contributed by atoms with Crippen LogP contribution in [0.25, 0.3) is 0 Å². The van der Waals surface area contributed by atoms with Gasteiger partial charge in [0.25, 0.3) is 0 Å². The molecule has 0 saturated carbocycles. The number of halogens is 2. The minimum atomic E-state index is 0.0741. The van der Waals surface area contributed by atoms with E-state index in [0.717, 1.165) is 5.56 Å². The molecule has 0 aliphatic heterocycles. The Kier molecular flexibility index (Phi) is 3.85. The monoisotopic (exact) mass is 219 g/mol.